The SMILES string of the molecule is COc1ccc(C(=O)[C@H](C)OC(=O)c2ccc(S(=O)(=O)N(C)c3ccccc3)cc2)cc1. The lowest BCUT2D eigenvalue weighted by atomic mass is 10.1. The van der Waals surface area contributed by atoms with Crippen molar-refractivity contribution >= 4 is 27.5 Å². The molecule has 0 saturated carbocycles. The molecule has 0 N–H and O–H groups in total. The number of carbonyl (C=O) groups is 2. The van der Waals surface area contributed by atoms with Crippen LogP contribution in [-0.2, 0) is 14.8 Å². The number of hydrogen-bond acceptors (Lipinski definition) is 6. The van der Waals surface area contributed by atoms with Crippen LogP contribution < -0.4 is 9.04 Å². The van der Waals surface area contributed by atoms with Gasteiger partial charge in [0.1, 0.15) is 5.75 Å². The van der Waals surface area contributed by atoms with Crippen LogP contribution in [0.2, 0.25) is 0 Å². The minimum atomic E-state index is -3.80. The lowest BCUT2D eigenvalue weighted by molar-refractivity contribution is 0.0318. The number of hydrogen-bond donors (Lipinski definition) is 0. The summed E-state index contributed by atoms with van der Waals surface area (Å²) in [6, 6.07) is 20.5. The van der Waals surface area contributed by atoms with E-state index in [1.807, 2.05) is 0 Å². The fourth-order valence-electron chi connectivity index (χ4n) is 2.97. The summed E-state index contributed by atoms with van der Waals surface area (Å²) in [4.78, 5) is 25.0. The minimum absolute atomic E-state index is 0.0303. The third-order valence-corrected chi connectivity index (χ3v) is 6.70. The molecule has 0 saturated heterocycles. The van der Waals surface area contributed by atoms with E-state index in [0.29, 0.717) is 17.0 Å². The van der Waals surface area contributed by atoms with Crippen LogP contribution in [0.1, 0.15) is 27.6 Å². The largest absolute Gasteiger partial charge is 0.497 e. The molecule has 0 heterocycles. The van der Waals surface area contributed by atoms with Crippen molar-refractivity contribution in [2.24, 2.45) is 0 Å². The Hall–Kier alpha value is -3.65. The molecule has 0 bridgehead atoms. The molecule has 166 valence electrons. The fraction of sp³-hybridized carbons (Fsp3) is 0.167. The Kier molecular flexibility index (Phi) is 6.95. The third kappa shape index (κ3) is 4.97. The summed E-state index contributed by atoms with van der Waals surface area (Å²) < 4.78 is 37.2. The summed E-state index contributed by atoms with van der Waals surface area (Å²) in [5.41, 5.74) is 1.04. The van der Waals surface area contributed by atoms with Crippen molar-refractivity contribution in [2.75, 3.05) is 18.5 Å². The predicted octanol–water partition coefficient (Wildman–Crippen LogP) is 3.95. The number of anilines is 1. The van der Waals surface area contributed by atoms with Gasteiger partial charge in [-0.1, -0.05) is 18.2 Å². The van der Waals surface area contributed by atoms with Crippen molar-refractivity contribution in [3.8, 4) is 5.75 Å². The number of ketones is 1. The molecule has 0 fully saturated rings. The van der Waals surface area contributed by atoms with Crippen molar-refractivity contribution in [3.63, 3.8) is 0 Å². The highest BCUT2D eigenvalue weighted by Gasteiger charge is 2.23. The van der Waals surface area contributed by atoms with Crippen molar-refractivity contribution in [1.29, 1.82) is 0 Å². The number of para-hydroxylation sites is 1. The molecule has 0 amide bonds. The van der Waals surface area contributed by atoms with E-state index >= 15 is 0 Å². The van der Waals surface area contributed by atoms with Crippen molar-refractivity contribution in [1.82, 2.24) is 0 Å². The molecule has 0 spiro atoms. The molecule has 1 atom stereocenters. The van der Waals surface area contributed by atoms with Gasteiger partial charge in [0.25, 0.3) is 10.0 Å². The monoisotopic (exact) mass is 453 g/mol. The first-order valence-corrected chi connectivity index (χ1v) is 11.2. The van der Waals surface area contributed by atoms with Crippen LogP contribution in [0, 0.1) is 0 Å². The summed E-state index contributed by atoms with van der Waals surface area (Å²) >= 11 is 0. The fourth-order valence-corrected chi connectivity index (χ4v) is 4.17. The lowest BCUT2D eigenvalue weighted by Gasteiger charge is -2.19. The third-order valence-electron chi connectivity index (χ3n) is 4.90. The molecular formula is C24H23NO6S. The summed E-state index contributed by atoms with van der Waals surface area (Å²) in [5.74, 6) is -0.469. The maximum absolute atomic E-state index is 12.8. The molecule has 0 aromatic heterocycles. The van der Waals surface area contributed by atoms with Crippen LogP contribution >= 0.6 is 0 Å². The van der Waals surface area contributed by atoms with Crippen molar-refractivity contribution < 1.29 is 27.5 Å². The van der Waals surface area contributed by atoms with Crippen LogP contribution in [0.25, 0.3) is 0 Å². The highest BCUT2D eigenvalue weighted by Crippen LogP contribution is 2.22. The lowest BCUT2D eigenvalue weighted by Crippen LogP contribution is -2.26. The average molecular weight is 454 g/mol. The highest BCUT2D eigenvalue weighted by molar-refractivity contribution is 7.92. The Morgan fingerprint density at radius 2 is 1.41 bits per heavy atom. The number of methoxy groups -OCH3 is 1. The Morgan fingerprint density at radius 1 is 0.844 bits per heavy atom. The number of carbonyl (C=O) groups excluding carboxylic acids is 2. The number of benzene rings is 3. The van der Waals surface area contributed by atoms with Gasteiger partial charge in [0.05, 0.1) is 23.3 Å². The normalized spacial score (nSPS) is 12.0. The van der Waals surface area contributed by atoms with E-state index in [-0.39, 0.29) is 16.2 Å². The summed E-state index contributed by atoms with van der Waals surface area (Å²) in [7, 11) is -0.813. The van der Waals surface area contributed by atoms with E-state index in [1.165, 1.54) is 45.3 Å². The first-order chi connectivity index (χ1) is 15.2. The molecule has 0 aliphatic heterocycles. The maximum Gasteiger partial charge on any atom is 0.338 e. The zero-order valence-corrected chi connectivity index (χ0v) is 18.7. The molecule has 7 nitrogen and oxygen atoms in total. The number of sulfonamides is 1. The van der Waals surface area contributed by atoms with Gasteiger partial charge in [0, 0.05) is 12.6 Å². The molecule has 32 heavy (non-hydrogen) atoms. The van der Waals surface area contributed by atoms with E-state index in [4.69, 9.17) is 9.47 Å². The zero-order chi connectivity index (χ0) is 23.3. The molecule has 3 rings (SSSR count). The standard InChI is InChI=1S/C24H23NO6S/c1-17(23(26)18-9-13-21(30-3)14-10-18)31-24(27)19-11-15-22(16-12-19)32(28,29)25(2)20-7-5-4-6-8-20/h4-17H,1-3H3/t17-/m0/s1. The van der Waals surface area contributed by atoms with Crippen molar-refractivity contribution in [3.05, 3.63) is 90.0 Å². The van der Waals surface area contributed by atoms with Crippen LogP contribution in [0.15, 0.2) is 83.8 Å². The van der Waals surface area contributed by atoms with E-state index < -0.39 is 22.1 Å². The number of esters is 1. The molecule has 8 heteroatoms. The first-order valence-electron chi connectivity index (χ1n) is 9.77. The van der Waals surface area contributed by atoms with Crippen LogP contribution in [0.3, 0.4) is 0 Å². The molecular weight excluding hydrogens is 430 g/mol. The topological polar surface area (TPSA) is 90.0 Å². The Bertz CT molecular complexity index is 1190. The number of Topliss-reactive ketones (excluding diaryl/α,β-unsaturated/α-hetero) is 1. The molecule has 0 aliphatic carbocycles. The van der Waals surface area contributed by atoms with Gasteiger partial charge in [0.15, 0.2) is 6.10 Å². The van der Waals surface area contributed by atoms with Gasteiger partial charge >= 0.3 is 5.97 Å². The van der Waals surface area contributed by atoms with Gasteiger partial charge in [-0.3, -0.25) is 9.10 Å². The molecule has 0 radical (unpaired) electrons. The predicted molar refractivity (Wildman–Crippen MR) is 121 cm³/mol. The highest BCUT2D eigenvalue weighted by atomic mass is 32.2. The van der Waals surface area contributed by atoms with Gasteiger partial charge in [-0.25, -0.2) is 13.2 Å². The minimum Gasteiger partial charge on any atom is -0.497 e. The smallest absolute Gasteiger partial charge is 0.338 e. The summed E-state index contributed by atoms with van der Waals surface area (Å²) in [6.45, 7) is 1.48. The van der Waals surface area contributed by atoms with Gasteiger partial charge in [0.2, 0.25) is 5.78 Å². The van der Waals surface area contributed by atoms with Crippen LogP contribution in [0.5, 0.6) is 5.75 Å². The Balaban J connectivity index is 1.69. The van der Waals surface area contributed by atoms with Crippen molar-refractivity contribution in [2.45, 2.75) is 17.9 Å². The quantitative estimate of drug-likeness (QED) is 0.379. The summed E-state index contributed by atoms with van der Waals surface area (Å²) in [5, 5.41) is 0. The van der Waals surface area contributed by atoms with Crippen LogP contribution in [0.4, 0.5) is 5.69 Å². The van der Waals surface area contributed by atoms with Gasteiger partial charge in [-0.2, -0.15) is 0 Å². The summed E-state index contributed by atoms with van der Waals surface area (Å²) in [6.07, 6.45) is -1.01. The molecule has 0 unspecified atom stereocenters. The van der Waals surface area contributed by atoms with Crippen LogP contribution in [-0.4, -0.2) is 40.4 Å². The molecule has 3 aromatic carbocycles. The van der Waals surface area contributed by atoms with Gasteiger partial charge < -0.3 is 9.47 Å². The van der Waals surface area contributed by atoms with E-state index in [9.17, 15) is 18.0 Å². The Labute approximate surface area is 187 Å². The molecule has 0 aliphatic rings. The second kappa shape index (κ2) is 9.65. The van der Waals surface area contributed by atoms with E-state index in [0.717, 1.165) is 4.31 Å². The first kappa shape index (κ1) is 23.0. The second-order valence-electron chi connectivity index (χ2n) is 6.97. The average Bonchev–Trinajstić information content (AvgIpc) is 2.83. The van der Waals surface area contributed by atoms with E-state index in [2.05, 4.69) is 0 Å². The Morgan fingerprint density at radius 3 is 1.97 bits per heavy atom. The maximum atomic E-state index is 12.8. The number of rotatable bonds is 8. The van der Waals surface area contributed by atoms with Gasteiger partial charge in [-0.15, -0.1) is 0 Å². The number of ether oxygens (including phenoxy) is 2. The van der Waals surface area contributed by atoms with E-state index in [1.54, 1.807) is 54.6 Å². The number of nitrogens with zero attached hydrogens (tertiary/aromatic N) is 1. The second-order valence-corrected chi connectivity index (χ2v) is 8.94. The van der Waals surface area contributed by atoms with Gasteiger partial charge in [-0.05, 0) is 67.6 Å². The zero-order valence-electron chi connectivity index (χ0n) is 17.9. The molecule has 3 aromatic rings.